The van der Waals surface area contributed by atoms with E-state index in [-0.39, 0.29) is 42.3 Å². The first-order chi connectivity index (χ1) is 11.0. The molecule has 0 unspecified atom stereocenters. The van der Waals surface area contributed by atoms with Gasteiger partial charge in [-0.1, -0.05) is 11.8 Å². The molecule has 13 heteroatoms. The maximum absolute atomic E-state index is 12.5. The van der Waals surface area contributed by atoms with Gasteiger partial charge in [0.15, 0.2) is 5.16 Å². The highest BCUT2D eigenvalue weighted by Gasteiger charge is 2.49. The lowest BCUT2D eigenvalue weighted by Crippen LogP contribution is -2.31. The van der Waals surface area contributed by atoms with Crippen molar-refractivity contribution in [3.05, 3.63) is 11.3 Å². The number of aromatic nitrogens is 2. The fraction of sp³-hybridized carbons (Fsp3) is 0.545. The number of hydrogen-bond acceptors (Lipinski definition) is 7. The summed E-state index contributed by atoms with van der Waals surface area (Å²) in [4.78, 5) is 19.9. The molecule has 1 aromatic rings. The monoisotopic (exact) mass is 387 g/mol. The molecule has 2 heterocycles. The average Bonchev–Trinajstić information content (AvgIpc) is 2.68. The van der Waals surface area contributed by atoms with Crippen LogP contribution < -0.4 is 4.18 Å². The maximum atomic E-state index is 12.5. The zero-order valence-corrected chi connectivity index (χ0v) is 13.8. The van der Waals surface area contributed by atoms with Crippen LogP contribution >= 0.6 is 11.8 Å². The number of fused-ring (bicyclic) bond motifs is 1. The van der Waals surface area contributed by atoms with Crippen LogP contribution in [0.25, 0.3) is 0 Å². The van der Waals surface area contributed by atoms with Crippen LogP contribution in [0.2, 0.25) is 0 Å². The van der Waals surface area contributed by atoms with Crippen molar-refractivity contribution in [1.29, 1.82) is 0 Å². The summed E-state index contributed by atoms with van der Waals surface area (Å²) in [7, 11) is -5.88. The van der Waals surface area contributed by atoms with Gasteiger partial charge in [0.2, 0.25) is 5.88 Å². The summed E-state index contributed by atoms with van der Waals surface area (Å²) >= 11 is 0.995. The molecular formula is C11H12F3N3O5S2. The van der Waals surface area contributed by atoms with E-state index in [1.165, 1.54) is 0 Å². The summed E-state index contributed by atoms with van der Waals surface area (Å²) in [5, 5.41) is 9.05. The number of rotatable bonds is 3. The minimum absolute atomic E-state index is 0.0323. The Morgan fingerprint density at radius 2 is 1.92 bits per heavy atom. The Hall–Kier alpha value is -1.76. The Kier molecular flexibility index (Phi) is 5.13. The number of halogens is 3. The summed E-state index contributed by atoms with van der Waals surface area (Å²) in [5.74, 6) is -0.714. The lowest BCUT2D eigenvalue weighted by molar-refractivity contribution is -0.0501. The Morgan fingerprint density at radius 3 is 2.46 bits per heavy atom. The Bertz CT molecular complexity index is 754. The summed E-state index contributed by atoms with van der Waals surface area (Å²) in [6.45, 7) is 0.0470. The van der Waals surface area contributed by atoms with Crippen molar-refractivity contribution >= 4 is 28.0 Å². The lowest BCUT2D eigenvalue weighted by Gasteiger charge is -2.15. The van der Waals surface area contributed by atoms with Crippen LogP contribution in [0.5, 0.6) is 5.88 Å². The minimum atomic E-state index is -5.88. The van der Waals surface area contributed by atoms with Gasteiger partial charge in [-0.3, -0.25) is 0 Å². The lowest BCUT2D eigenvalue weighted by atomic mass is 10.1. The predicted octanol–water partition coefficient (Wildman–Crippen LogP) is 1.51. The van der Waals surface area contributed by atoms with Crippen molar-refractivity contribution < 1.29 is 35.7 Å². The fourth-order valence-electron chi connectivity index (χ4n) is 2.05. The molecule has 134 valence electrons. The molecule has 0 aromatic carbocycles. The van der Waals surface area contributed by atoms with E-state index in [1.54, 1.807) is 6.26 Å². The summed E-state index contributed by atoms with van der Waals surface area (Å²) in [5.41, 5.74) is -5.27. The summed E-state index contributed by atoms with van der Waals surface area (Å²) < 4.78 is 64.3. The van der Waals surface area contributed by atoms with Crippen molar-refractivity contribution in [1.82, 2.24) is 14.9 Å². The number of thioether (sulfide) groups is 1. The number of amides is 1. The molecular weight excluding hydrogens is 375 g/mol. The summed E-state index contributed by atoms with van der Waals surface area (Å²) in [6, 6.07) is 0. The van der Waals surface area contributed by atoms with Crippen molar-refractivity contribution in [3.63, 3.8) is 0 Å². The highest BCUT2D eigenvalue weighted by Crippen LogP contribution is 2.31. The Balaban J connectivity index is 2.45. The smallest absolute Gasteiger partial charge is 0.465 e. The standard InChI is InChI=1S/C11H12F3N3O5S2/c1-23-9-15-7-3-5-17(10(18)19)4-2-6(7)8(16-9)22-24(20,21)11(12,13)14/h2-5H2,1H3,(H,18,19). The molecule has 1 amide bonds. The largest absolute Gasteiger partial charge is 0.534 e. The number of nitrogens with zero attached hydrogens (tertiary/aromatic N) is 3. The molecule has 24 heavy (non-hydrogen) atoms. The zero-order chi connectivity index (χ0) is 18.1. The van der Waals surface area contributed by atoms with Gasteiger partial charge in [-0.25, -0.2) is 9.78 Å². The Morgan fingerprint density at radius 1 is 1.29 bits per heavy atom. The number of hydrogen-bond donors (Lipinski definition) is 1. The molecule has 0 saturated heterocycles. The number of carbonyl (C=O) groups is 1. The van der Waals surface area contributed by atoms with E-state index < -0.39 is 27.6 Å². The highest BCUT2D eigenvalue weighted by atomic mass is 32.2. The maximum Gasteiger partial charge on any atom is 0.534 e. The van der Waals surface area contributed by atoms with Crippen LogP contribution in [-0.2, 0) is 23.0 Å². The molecule has 0 atom stereocenters. The molecule has 1 aliphatic rings. The third-order valence-electron chi connectivity index (χ3n) is 3.21. The highest BCUT2D eigenvalue weighted by molar-refractivity contribution is 7.98. The van der Waals surface area contributed by atoms with Gasteiger partial charge in [0.25, 0.3) is 0 Å². The van der Waals surface area contributed by atoms with Crippen LogP contribution in [0, 0.1) is 0 Å². The van der Waals surface area contributed by atoms with Crippen LogP contribution in [0.3, 0.4) is 0 Å². The average molecular weight is 387 g/mol. The van der Waals surface area contributed by atoms with Crippen molar-refractivity contribution in [3.8, 4) is 5.88 Å². The summed E-state index contributed by atoms with van der Waals surface area (Å²) in [6.07, 6.45) is 0.426. The molecule has 1 N–H and O–H groups in total. The third kappa shape index (κ3) is 3.83. The third-order valence-corrected chi connectivity index (χ3v) is 4.70. The number of carboxylic acid groups (broad SMARTS) is 1. The minimum Gasteiger partial charge on any atom is -0.465 e. The zero-order valence-electron chi connectivity index (χ0n) is 12.2. The second kappa shape index (κ2) is 6.63. The molecule has 8 nitrogen and oxygen atoms in total. The van der Waals surface area contributed by atoms with Gasteiger partial charge in [-0.15, -0.1) is 0 Å². The first-order valence-corrected chi connectivity index (χ1v) is 9.11. The van der Waals surface area contributed by atoms with Gasteiger partial charge in [0, 0.05) is 25.1 Å². The molecule has 0 saturated carbocycles. The van der Waals surface area contributed by atoms with Gasteiger partial charge < -0.3 is 14.2 Å². The molecule has 1 aliphatic heterocycles. The van der Waals surface area contributed by atoms with E-state index >= 15 is 0 Å². The van der Waals surface area contributed by atoms with E-state index in [0.717, 1.165) is 16.7 Å². The van der Waals surface area contributed by atoms with Gasteiger partial charge in [0.05, 0.1) is 5.69 Å². The van der Waals surface area contributed by atoms with Gasteiger partial charge in [-0.2, -0.15) is 26.6 Å². The first kappa shape index (κ1) is 18.6. The van der Waals surface area contributed by atoms with Gasteiger partial charge in [-0.05, 0) is 12.7 Å². The topological polar surface area (TPSA) is 110 Å². The van der Waals surface area contributed by atoms with E-state index in [4.69, 9.17) is 5.11 Å². The van der Waals surface area contributed by atoms with E-state index in [0.29, 0.717) is 0 Å². The second-order valence-corrected chi connectivity index (χ2v) is 7.00. The van der Waals surface area contributed by atoms with Crippen molar-refractivity contribution in [2.45, 2.75) is 23.5 Å². The van der Waals surface area contributed by atoms with E-state index in [9.17, 15) is 26.4 Å². The van der Waals surface area contributed by atoms with Crippen LogP contribution in [-0.4, -0.2) is 59.3 Å². The SMILES string of the molecule is CSc1nc2c(c(OS(=O)(=O)C(F)(F)F)n1)CCN(C(=O)O)CC2. The number of alkyl halides is 3. The fourth-order valence-corrected chi connectivity index (χ4v) is 2.86. The van der Waals surface area contributed by atoms with Crippen LogP contribution in [0.1, 0.15) is 11.3 Å². The first-order valence-electron chi connectivity index (χ1n) is 6.47. The van der Waals surface area contributed by atoms with Crippen molar-refractivity contribution in [2.75, 3.05) is 19.3 Å². The molecule has 1 aromatic heterocycles. The Labute approximate surface area is 139 Å². The molecule has 0 aliphatic carbocycles. The van der Waals surface area contributed by atoms with Crippen LogP contribution in [0.4, 0.5) is 18.0 Å². The van der Waals surface area contributed by atoms with Crippen molar-refractivity contribution in [2.24, 2.45) is 0 Å². The van der Waals surface area contributed by atoms with E-state index in [2.05, 4.69) is 14.2 Å². The van der Waals surface area contributed by atoms with Crippen LogP contribution in [0.15, 0.2) is 5.16 Å². The van der Waals surface area contributed by atoms with Gasteiger partial charge >= 0.3 is 21.7 Å². The molecule has 0 bridgehead atoms. The quantitative estimate of drug-likeness (QED) is 0.360. The van der Waals surface area contributed by atoms with E-state index in [1.807, 2.05) is 0 Å². The molecule has 0 fully saturated rings. The predicted molar refractivity (Wildman–Crippen MR) is 76.4 cm³/mol. The molecule has 2 rings (SSSR count). The van der Waals surface area contributed by atoms with Gasteiger partial charge in [0.1, 0.15) is 0 Å². The second-order valence-electron chi connectivity index (χ2n) is 4.69. The molecule has 0 radical (unpaired) electrons. The normalized spacial score (nSPS) is 15.6. The molecule has 0 spiro atoms.